The van der Waals surface area contributed by atoms with Crippen molar-refractivity contribution in [2.24, 2.45) is 11.8 Å². The van der Waals surface area contributed by atoms with E-state index in [1.165, 1.54) is 32.1 Å². The van der Waals surface area contributed by atoms with Crippen molar-refractivity contribution >= 4 is 0 Å². The molecule has 0 N–H and O–H groups in total. The molecule has 2 unspecified atom stereocenters. The summed E-state index contributed by atoms with van der Waals surface area (Å²) >= 11 is 0. The van der Waals surface area contributed by atoms with E-state index in [0.717, 1.165) is 11.8 Å². The first-order valence-electron chi connectivity index (χ1n) is 6.27. The van der Waals surface area contributed by atoms with E-state index in [4.69, 9.17) is 0 Å². The molecular formula is C14H28. The third kappa shape index (κ3) is 6.23. The molecule has 0 aliphatic heterocycles. The maximum Gasteiger partial charge on any atom is -0.0295 e. The van der Waals surface area contributed by atoms with Gasteiger partial charge in [0.15, 0.2) is 0 Å². The van der Waals surface area contributed by atoms with E-state index in [9.17, 15) is 0 Å². The minimum absolute atomic E-state index is 0.851. The van der Waals surface area contributed by atoms with E-state index in [-0.39, 0.29) is 0 Å². The zero-order chi connectivity index (χ0) is 11.0. The van der Waals surface area contributed by atoms with Crippen molar-refractivity contribution in [1.82, 2.24) is 0 Å². The van der Waals surface area contributed by atoms with Crippen LogP contribution in [0.4, 0.5) is 0 Å². The smallest absolute Gasteiger partial charge is 0.0295 e. The molecule has 0 aromatic heterocycles. The van der Waals surface area contributed by atoms with Crippen LogP contribution in [0.5, 0.6) is 0 Å². The van der Waals surface area contributed by atoms with Crippen LogP contribution < -0.4 is 0 Å². The molecule has 0 radical (unpaired) electrons. The lowest BCUT2D eigenvalue weighted by Crippen LogP contribution is -2.08. The first-order valence-corrected chi connectivity index (χ1v) is 6.27. The molecular weight excluding hydrogens is 168 g/mol. The van der Waals surface area contributed by atoms with E-state index in [1.54, 1.807) is 5.57 Å². The number of hydrogen-bond acceptors (Lipinski definition) is 0. The Balaban J connectivity index is 3.81. The van der Waals surface area contributed by atoms with Gasteiger partial charge in [-0.05, 0) is 31.6 Å². The molecule has 0 saturated carbocycles. The van der Waals surface area contributed by atoms with Gasteiger partial charge in [0.25, 0.3) is 0 Å². The van der Waals surface area contributed by atoms with Crippen LogP contribution in [0.25, 0.3) is 0 Å². The molecule has 0 bridgehead atoms. The second-order valence-electron chi connectivity index (χ2n) is 4.76. The zero-order valence-corrected chi connectivity index (χ0v) is 10.8. The van der Waals surface area contributed by atoms with Gasteiger partial charge >= 0.3 is 0 Å². The highest BCUT2D eigenvalue weighted by Crippen LogP contribution is 2.24. The molecule has 0 fully saturated rings. The molecule has 0 aromatic rings. The summed E-state index contributed by atoms with van der Waals surface area (Å²) < 4.78 is 0. The van der Waals surface area contributed by atoms with Crippen LogP contribution in [-0.4, -0.2) is 0 Å². The summed E-state index contributed by atoms with van der Waals surface area (Å²) in [7, 11) is 0. The van der Waals surface area contributed by atoms with Gasteiger partial charge in [-0.15, -0.1) is 0 Å². The summed E-state index contributed by atoms with van der Waals surface area (Å²) in [4.78, 5) is 0. The fourth-order valence-electron chi connectivity index (χ4n) is 1.95. The summed E-state index contributed by atoms with van der Waals surface area (Å²) in [6.45, 7) is 11.6. The Morgan fingerprint density at radius 1 is 1.14 bits per heavy atom. The Morgan fingerprint density at radius 3 is 2.29 bits per heavy atom. The maximum absolute atomic E-state index is 2.40. The Kier molecular flexibility index (Phi) is 7.93. The molecule has 84 valence electrons. The molecule has 0 rings (SSSR count). The Hall–Kier alpha value is -0.260. The predicted molar refractivity (Wildman–Crippen MR) is 66.5 cm³/mol. The Bertz CT molecular complexity index is 155. The molecule has 0 aromatic carbocycles. The lowest BCUT2D eigenvalue weighted by molar-refractivity contribution is 0.352. The second kappa shape index (κ2) is 8.08. The van der Waals surface area contributed by atoms with E-state index in [2.05, 4.69) is 40.7 Å². The lowest BCUT2D eigenvalue weighted by Gasteiger charge is -2.20. The van der Waals surface area contributed by atoms with Gasteiger partial charge in [0.2, 0.25) is 0 Å². The van der Waals surface area contributed by atoms with E-state index >= 15 is 0 Å². The van der Waals surface area contributed by atoms with Crippen LogP contribution in [0.1, 0.15) is 66.7 Å². The van der Waals surface area contributed by atoms with E-state index in [0.29, 0.717) is 0 Å². The maximum atomic E-state index is 2.40. The summed E-state index contributed by atoms with van der Waals surface area (Å²) in [5, 5.41) is 0. The Morgan fingerprint density at radius 2 is 1.79 bits per heavy atom. The van der Waals surface area contributed by atoms with Crippen LogP contribution >= 0.6 is 0 Å². The summed E-state index contributed by atoms with van der Waals surface area (Å²) in [6.07, 6.45) is 8.96. The van der Waals surface area contributed by atoms with Crippen molar-refractivity contribution in [2.45, 2.75) is 66.7 Å². The number of rotatable bonds is 7. The zero-order valence-electron chi connectivity index (χ0n) is 10.8. The van der Waals surface area contributed by atoms with Crippen LogP contribution in [-0.2, 0) is 0 Å². The van der Waals surface area contributed by atoms with Gasteiger partial charge in [-0.2, -0.15) is 0 Å². The molecule has 2 atom stereocenters. The van der Waals surface area contributed by atoms with Crippen LogP contribution in [0.15, 0.2) is 11.6 Å². The minimum atomic E-state index is 0.851. The number of hydrogen-bond donors (Lipinski definition) is 0. The molecule has 0 heteroatoms. The fourth-order valence-corrected chi connectivity index (χ4v) is 1.95. The lowest BCUT2D eigenvalue weighted by atomic mass is 9.86. The molecule has 0 heterocycles. The van der Waals surface area contributed by atoms with Crippen molar-refractivity contribution in [3.8, 4) is 0 Å². The summed E-state index contributed by atoms with van der Waals surface area (Å²) in [5.41, 5.74) is 1.57. The van der Waals surface area contributed by atoms with Crippen molar-refractivity contribution < 1.29 is 0 Å². The predicted octanol–water partition coefficient (Wildman–Crippen LogP) is 5.20. The SMILES string of the molecule is CC/C=C(/C)CC(C)C(C)CCCC. The highest BCUT2D eigenvalue weighted by molar-refractivity contribution is 4.98. The van der Waals surface area contributed by atoms with Gasteiger partial charge in [-0.1, -0.05) is 58.6 Å². The van der Waals surface area contributed by atoms with Gasteiger partial charge in [0.05, 0.1) is 0 Å². The van der Waals surface area contributed by atoms with Gasteiger partial charge in [0, 0.05) is 0 Å². The quantitative estimate of drug-likeness (QED) is 0.491. The average Bonchev–Trinajstić information content (AvgIpc) is 2.14. The molecule has 0 nitrogen and oxygen atoms in total. The number of unbranched alkanes of at least 4 members (excludes halogenated alkanes) is 1. The third-order valence-corrected chi connectivity index (χ3v) is 3.18. The van der Waals surface area contributed by atoms with Gasteiger partial charge in [0.1, 0.15) is 0 Å². The number of allylic oxidation sites excluding steroid dienone is 2. The van der Waals surface area contributed by atoms with Gasteiger partial charge in [-0.25, -0.2) is 0 Å². The van der Waals surface area contributed by atoms with Crippen molar-refractivity contribution in [3.63, 3.8) is 0 Å². The summed E-state index contributed by atoms with van der Waals surface area (Å²) in [6, 6.07) is 0. The first kappa shape index (κ1) is 13.7. The van der Waals surface area contributed by atoms with Crippen molar-refractivity contribution in [1.29, 1.82) is 0 Å². The van der Waals surface area contributed by atoms with E-state index in [1.807, 2.05) is 0 Å². The molecule has 14 heavy (non-hydrogen) atoms. The first-order chi connectivity index (χ1) is 6.61. The molecule has 0 aliphatic rings. The monoisotopic (exact) mass is 196 g/mol. The largest absolute Gasteiger partial charge is 0.0859 e. The van der Waals surface area contributed by atoms with Crippen molar-refractivity contribution in [2.75, 3.05) is 0 Å². The molecule has 0 amide bonds. The highest BCUT2D eigenvalue weighted by Gasteiger charge is 2.11. The van der Waals surface area contributed by atoms with Gasteiger partial charge in [-0.3, -0.25) is 0 Å². The fraction of sp³-hybridized carbons (Fsp3) is 0.857. The van der Waals surface area contributed by atoms with Crippen LogP contribution in [0.3, 0.4) is 0 Å². The average molecular weight is 196 g/mol. The minimum Gasteiger partial charge on any atom is -0.0859 e. The van der Waals surface area contributed by atoms with E-state index < -0.39 is 0 Å². The highest BCUT2D eigenvalue weighted by atomic mass is 14.2. The molecule has 0 saturated heterocycles. The molecule has 0 aliphatic carbocycles. The van der Waals surface area contributed by atoms with Crippen molar-refractivity contribution in [3.05, 3.63) is 11.6 Å². The third-order valence-electron chi connectivity index (χ3n) is 3.18. The standard InChI is InChI=1S/C14H28/c1-6-8-10-13(4)14(5)11-12(3)9-7-2/h9,13-14H,6-8,10-11H2,1-5H3/b12-9-. The van der Waals surface area contributed by atoms with Gasteiger partial charge < -0.3 is 0 Å². The summed E-state index contributed by atoms with van der Waals surface area (Å²) in [5.74, 6) is 1.74. The topological polar surface area (TPSA) is 0 Å². The second-order valence-corrected chi connectivity index (χ2v) is 4.76. The van der Waals surface area contributed by atoms with Crippen LogP contribution in [0.2, 0.25) is 0 Å². The molecule has 0 spiro atoms. The normalized spacial score (nSPS) is 16.8. The Labute approximate surface area is 90.8 Å². The van der Waals surface area contributed by atoms with Crippen LogP contribution in [0, 0.1) is 11.8 Å².